The summed E-state index contributed by atoms with van der Waals surface area (Å²) in [5.74, 6) is 0. The fourth-order valence-corrected chi connectivity index (χ4v) is 0. The number of hydrogen-bond acceptors (Lipinski definition) is 5. The zero-order chi connectivity index (χ0) is 10.0. The molecule has 0 aromatic heterocycles. The van der Waals surface area contributed by atoms with E-state index in [2.05, 4.69) is 0 Å². The number of hydrogen-bond donors (Lipinski definition) is 0. The molecule has 0 rings (SSSR count). The second kappa shape index (κ2) is 558. The van der Waals surface area contributed by atoms with Gasteiger partial charge in [-0.15, -0.1) is 0 Å². The first-order chi connectivity index (χ1) is 5.00. The number of rotatable bonds is 0. The predicted octanol–water partition coefficient (Wildman–Crippen LogP) is -0.927. The van der Waals surface area contributed by atoms with Crippen LogP contribution in [0.15, 0.2) is 0 Å². The van der Waals surface area contributed by atoms with Gasteiger partial charge in [-0.05, 0) is 0 Å². The van der Waals surface area contributed by atoms with Crippen molar-refractivity contribution in [2.24, 2.45) is 0 Å². The molecule has 0 amide bonds. The van der Waals surface area contributed by atoms with Gasteiger partial charge in [-0.25, -0.2) is 0 Å². The summed E-state index contributed by atoms with van der Waals surface area (Å²) in [5.41, 5.74) is 0. The summed E-state index contributed by atoms with van der Waals surface area (Å²) < 4.78 is 0. The second-order valence-corrected chi connectivity index (χ2v) is 0. The van der Waals surface area contributed by atoms with Crippen LogP contribution in [-0.4, -0.2) is 33.9 Å². The Labute approximate surface area is 78.2 Å². The van der Waals surface area contributed by atoms with Crippen LogP contribution in [-0.2, 0) is 43.8 Å². The van der Waals surface area contributed by atoms with Gasteiger partial charge >= 0.3 is 0 Å². The fraction of sp³-hybridized carbons (Fsp3) is 0. The monoisotopic (exact) mass is 342 g/mol. The van der Waals surface area contributed by atoms with E-state index in [0.29, 0.717) is 0 Å². The van der Waals surface area contributed by atoms with Gasteiger partial charge < -0.3 is 24.0 Å². The quantitative estimate of drug-likeness (QED) is 0.569. The molecule has 6 heteroatoms. The molecule has 5 nitrogen and oxygen atoms in total. The summed E-state index contributed by atoms with van der Waals surface area (Å²) in [4.78, 5) is 40.0. The topological polar surface area (TPSA) is 85.3 Å². The van der Waals surface area contributed by atoms with Crippen LogP contribution in [0.1, 0.15) is 0 Å². The average molecular weight is 340 g/mol. The van der Waals surface area contributed by atoms with Gasteiger partial charge in [0.25, 0.3) is 0 Å². The number of carbonyl (C=O) groups excluding carboxylic acids is 5. The normalized spacial score (nSPS) is 1.82. The zero-order valence-corrected chi connectivity index (χ0v) is 8.47. The van der Waals surface area contributed by atoms with Crippen LogP contribution in [0, 0.1) is 0 Å². The molecule has 0 aromatic carbocycles. The van der Waals surface area contributed by atoms with Crippen LogP contribution >= 0.6 is 0 Å². The van der Waals surface area contributed by atoms with Crippen molar-refractivity contribution in [1.29, 1.82) is 0 Å². The maximum absolute atomic E-state index is 8.00. The van der Waals surface area contributed by atoms with Gasteiger partial charge in [0, 0.05) is 19.8 Å². The second-order valence-electron chi connectivity index (χ2n) is 0. The van der Waals surface area contributed by atoms with Crippen molar-refractivity contribution in [3.63, 3.8) is 0 Å². The van der Waals surface area contributed by atoms with Crippen molar-refractivity contribution in [2.75, 3.05) is 0 Å². The van der Waals surface area contributed by atoms with Crippen molar-refractivity contribution < 1.29 is 43.8 Å². The van der Waals surface area contributed by atoms with E-state index in [1.807, 2.05) is 33.9 Å². The minimum atomic E-state index is 0. The third kappa shape index (κ3) is 427. The minimum absolute atomic E-state index is 0. The minimum Gasteiger partial charge on any atom is -0.307 e. The summed E-state index contributed by atoms with van der Waals surface area (Å²) in [6, 6.07) is 0. The SMILES string of the molecule is C=O.C=O.C=O.C=O.C=O.[Os]. The molecule has 0 saturated heterocycles. The van der Waals surface area contributed by atoms with Crippen LogP contribution in [0.5, 0.6) is 0 Å². The third-order valence-electron chi connectivity index (χ3n) is 0. The first-order valence-electron chi connectivity index (χ1n) is 1.44. The van der Waals surface area contributed by atoms with Gasteiger partial charge in [0.15, 0.2) is 0 Å². The smallest absolute Gasteiger partial charge is 0.106 e. The first-order valence-corrected chi connectivity index (χ1v) is 1.44. The van der Waals surface area contributed by atoms with Crippen molar-refractivity contribution in [3.8, 4) is 0 Å². The molecule has 0 N–H and O–H groups in total. The molecule has 0 bridgehead atoms. The molecule has 0 spiro atoms. The molecule has 0 unspecified atom stereocenters. The molecule has 0 fully saturated rings. The third-order valence-corrected chi connectivity index (χ3v) is 0. The zero-order valence-electron chi connectivity index (χ0n) is 5.93. The molecule has 0 atom stereocenters. The Morgan fingerprint density at radius 1 is 0.364 bits per heavy atom. The average Bonchev–Trinajstić information content (AvgIpc) is 2.20. The predicted molar refractivity (Wildman–Crippen MR) is 35.6 cm³/mol. The molecular formula is C5H10O5Os. The van der Waals surface area contributed by atoms with E-state index < -0.39 is 0 Å². The van der Waals surface area contributed by atoms with E-state index in [4.69, 9.17) is 24.0 Å². The van der Waals surface area contributed by atoms with Gasteiger partial charge in [0.2, 0.25) is 0 Å². The Morgan fingerprint density at radius 3 is 0.364 bits per heavy atom. The van der Waals surface area contributed by atoms with E-state index in [1.165, 1.54) is 0 Å². The van der Waals surface area contributed by atoms with Crippen LogP contribution in [0.25, 0.3) is 0 Å². The Balaban J connectivity index is -0.00000000694. The molecule has 0 radical (unpaired) electrons. The van der Waals surface area contributed by atoms with E-state index in [-0.39, 0.29) is 19.8 Å². The van der Waals surface area contributed by atoms with Crippen LogP contribution in [0.4, 0.5) is 0 Å². The van der Waals surface area contributed by atoms with Crippen molar-refractivity contribution in [3.05, 3.63) is 0 Å². The summed E-state index contributed by atoms with van der Waals surface area (Å²) >= 11 is 0. The van der Waals surface area contributed by atoms with Crippen molar-refractivity contribution in [2.45, 2.75) is 0 Å². The van der Waals surface area contributed by atoms with Crippen molar-refractivity contribution >= 4 is 33.9 Å². The summed E-state index contributed by atoms with van der Waals surface area (Å²) in [7, 11) is 0. The van der Waals surface area contributed by atoms with E-state index in [9.17, 15) is 0 Å². The molecule has 0 saturated carbocycles. The van der Waals surface area contributed by atoms with E-state index in [0.717, 1.165) is 0 Å². The Morgan fingerprint density at radius 2 is 0.364 bits per heavy atom. The first kappa shape index (κ1) is 50.7. The van der Waals surface area contributed by atoms with Gasteiger partial charge in [0.1, 0.15) is 33.9 Å². The molecule has 0 aromatic rings. The molecule has 11 heavy (non-hydrogen) atoms. The van der Waals surface area contributed by atoms with Gasteiger partial charge in [-0.3, -0.25) is 0 Å². The molecule has 0 heterocycles. The standard InChI is InChI=1S/5CH2O.Os/c5*1-2;/h5*1H2;. The molecule has 0 aliphatic carbocycles. The fourth-order valence-electron chi connectivity index (χ4n) is 0. The van der Waals surface area contributed by atoms with E-state index >= 15 is 0 Å². The molecule has 0 aliphatic heterocycles. The van der Waals surface area contributed by atoms with Gasteiger partial charge in [-0.1, -0.05) is 0 Å². The summed E-state index contributed by atoms with van der Waals surface area (Å²) in [6.45, 7) is 10.0. The summed E-state index contributed by atoms with van der Waals surface area (Å²) in [6.07, 6.45) is 0. The molecular weight excluding hydrogens is 330 g/mol. The van der Waals surface area contributed by atoms with Crippen LogP contribution < -0.4 is 0 Å². The molecule has 68 valence electrons. The Kier molecular flexibility index (Phi) is 2570. The Hall–Kier alpha value is -1.01. The summed E-state index contributed by atoms with van der Waals surface area (Å²) in [5, 5.41) is 0. The van der Waals surface area contributed by atoms with E-state index in [1.54, 1.807) is 0 Å². The van der Waals surface area contributed by atoms with Gasteiger partial charge in [-0.2, -0.15) is 0 Å². The maximum atomic E-state index is 8.00. The Bertz CT molecular complexity index is 26.4. The van der Waals surface area contributed by atoms with Crippen molar-refractivity contribution in [1.82, 2.24) is 0 Å². The maximum Gasteiger partial charge on any atom is 0.106 e. The largest absolute Gasteiger partial charge is 0.307 e. The number of carbonyl (C=O) groups is 5. The van der Waals surface area contributed by atoms with Crippen LogP contribution in [0.2, 0.25) is 0 Å². The van der Waals surface area contributed by atoms with Gasteiger partial charge in [0.05, 0.1) is 0 Å². The van der Waals surface area contributed by atoms with Crippen LogP contribution in [0.3, 0.4) is 0 Å². The molecule has 0 aliphatic rings.